The van der Waals surface area contributed by atoms with E-state index < -0.39 is 0 Å². The van der Waals surface area contributed by atoms with E-state index in [9.17, 15) is 4.79 Å². The minimum atomic E-state index is -0.331. The van der Waals surface area contributed by atoms with Crippen LogP contribution < -0.4 is 15.5 Å². The number of carbonyl (C=O) groups is 1. The van der Waals surface area contributed by atoms with Crippen molar-refractivity contribution in [2.75, 3.05) is 48.8 Å². The zero-order valence-corrected chi connectivity index (χ0v) is 14.2. The largest absolute Gasteiger partial charge is 0.369 e. The maximum absolute atomic E-state index is 12.1. The van der Waals surface area contributed by atoms with Crippen LogP contribution in [0.4, 0.5) is 21.9 Å². The number of rotatable bonds is 3. The smallest absolute Gasteiger partial charge is 0.323 e. The van der Waals surface area contributed by atoms with E-state index in [4.69, 9.17) is 5.26 Å². The Bertz CT molecular complexity index is 773. The lowest BCUT2D eigenvalue weighted by Gasteiger charge is -2.34. The number of nitrogens with one attached hydrogen (secondary N) is 2. The number of carbonyl (C=O) groups excluding carboxylic acids is 1. The Labute approximate surface area is 147 Å². The molecule has 0 spiro atoms. The van der Waals surface area contributed by atoms with Gasteiger partial charge in [-0.2, -0.15) is 5.26 Å². The molecule has 25 heavy (non-hydrogen) atoms. The molecule has 2 amide bonds. The number of hydrogen-bond donors (Lipinski definition) is 2. The lowest BCUT2D eigenvalue weighted by Crippen LogP contribution is -2.44. The highest BCUT2D eigenvalue weighted by Crippen LogP contribution is 2.19. The molecule has 0 atom stereocenters. The molecular formula is C19H21N5O. The van der Waals surface area contributed by atoms with Crippen LogP contribution in [0.3, 0.4) is 0 Å². The van der Waals surface area contributed by atoms with Crippen LogP contribution in [-0.4, -0.2) is 44.2 Å². The number of anilines is 3. The van der Waals surface area contributed by atoms with E-state index in [2.05, 4.69) is 33.6 Å². The number of amides is 2. The van der Waals surface area contributed by atoms with Gasteiger partial charge >= 0.3 is 6.03 Å². The fraction of sp³-hybridized carbons (Fsp3) is 0.263. The molecule has 6 nitrogen and oxygen atoms in total. The monoisotopic (exact) mass is 335 g/mol. The highest BCUT2D eigenvalue weighted by atomic mass is 16.2. The Kier molecular flexibility index (Phi) is 5.17. The molecule has 1 heterocycles. The van der Waals surface area contributed by atoms with Gasteiger partial charge in [0, 0.05) is 43.2 Å². The third-order valence-corrected chi connectivity index (χ3v) is 4.24. The molecule has 0 saturated carbocycles. The molecule has 0 unspecified atom stereocenters. The molecule has 3 rings (SSSR count). The van der Waals surface area contributed by atoms with Crippen molar-refractivity contribution < 1.29 is 4.79 Å². The summed E-state index contributed by atoms with van der Waals surface area (Å²) in [4.78, 5) is 16.7. The summed E-state index contributed by atoms with van der Waals surface area (Å²) in [5, 5.41) is 14.4. The van der Waals surface area contributed by atoms with Gasteiger partial charge in [-0.25, -0.2) is 4.79 Å². The Morgan fingerprint density at radius 2 is 1.68 bits per heavy atom. The number of nitriles is 1. The molecule has 1 saturated heterocycles. The normalized spacial score (nSPS) is 14.6. The number of benzene rings is 2. The summed E-state index contributed by atoms with van der Waals surface area (Å²) in [5.74, 6) is 0. The van der Waals surface area contributed by atoms with Gasteiger partial charge in [-0.3, -0.25) is 0 Å². The summed E-state index contributed by atoms with van der Waals surface area (Å²) in [6.07, 6.45) is 0. The molecule has 1 aliphatic rings. The Morgan fingerprint density at radius 1 is 1.00 bits per heavy atom. The molecular weight excluding hydrogens is 314 g/mol. The van der Waals surface area contributed by atoms with Crippen molar-refractivity contribution in [3.05, 3.63) is 54.1 Å². The maximum Gasteiger partial charge on any atom is 0.323 e. The topological polar surface area (TPSA) is 71.4 Å². The van der Waals surface area contributed by atoms with Crippen LogP contribution in [0, 0.1) is 11.3 Å². The van der Waals surface area contributed by atoms with Crippen LogP contribution in [0.1, 0.15) is 5.56 Å². The average Bonchev–Trinajstić information content (AvgIpc) is 2.63. The fourth-order valence-corrected chi connectivity index (χ4v) is 2.78. The van der Waals surface area contributed by atoms with E-state index in [1.54, 1.807) is 24.3 Å². The number of likely N-dealkylation sites (N-methyl/N-ethyl adjacent to an activating group) is 1. The highest BCUT2D eigenvalue weighted by molar-refractivity contribution is 5.99. The quantitative estimate of drug-likeness (QED) is 0.905. The molecule has 128 valence electrons. The Balaban J connectivity index is 1.57. The zero-order valence-electron chi connectivity index (χ0n) is 14.2. The number of nitrogens with zero attached hydrogens (tertiary/aromatic N) is 3. The standard InChI is InChI=1S/C19H21N5O/c1-23-9-11-24(12-10-23)18-7-5-16(6-8-18)21-19(25)22-17-4-2-3-15(13-17)14-20/h2-8,13H,9-12H2,1H3,(H2,21,22,25). The maximum atomic E-state index is 12.1. The van der Waals surface area contributed by atoms with Crippen molar-refractivity contribution in [1.29, 1.82) is 5.26 Å². The van der Waals surface area contributed by atoms with Gasteiger partial charge in [-0.15, -0.1) is 0 Å². The highest BCUT2D eigenvalue weighted by Gasteiger charge is 2.14. The molecule has 1 aliphatic heterocycles. The Morgan fingerprint density at radius 3 is 2.36 bits per heavy atom. The van der Waals surface area contributed by atoms with Gasteiger partial charge < -0.3 is 20.4 Å². The molecule has 0 aliphatic carbocycles. The summed E-state index contributed by atoms with van der Waals surface area (Å²) < 4.78 is 0. The summed E-state index contributed by atoms with van der Waals surface area (Å²) >= 11 is 0. The summed E-state index contributed by atoms with van der Waals surface area (Å²) in [5.41, 5.74) is 2.99. The number of hydrogen-bond acceptors (Lipinski definition) is 4. The second kappa shape index (κ2) is 7.69. The molecule has 2 N–H and O–H groups in total. The van der Waals surface area contributed by atoms with Gasteiger partial charge in [0.05, 0.1) is 11.6 Å². The molecule has 1 fully saturated rings. The first kappa shape index (κ1) is 16.8. The van der Waals surface area contributed by atoms with Gasteiger partial charge in [0.2, 0.25) is 0 Å². The predicted molar refractivity (Wildman–Crippen MR) is 100.0 cm³/mol. The molecule has 0 aromatic heterocycles. The second-order valence-corrected chi connectivity index (χ2v) is 6.11. The summed E-state index contributed by atoms with van der Waals surface area (Å²) in [6, 6.07) is 16.4. The van der Waals surface area contributed by atoms with E-state index in [1.807, 2.05) is 24.3 Å². The molecule has 2 aromatic carbocycles. The van der Waals surface area contributed by atoms with Gasteiger partial charge in [0.1, 0.15) is 0 Å². The fourth-order valence-electron chi connectivity index (χ4n) is 2.78. The van der Waals surface area contributed by atoms with Crippen LogP contribution in [0.25, 0.3) is 0 Å². The second-order valence-electron chi connectivity index (χ2n) is 6.11. The third-order valence-electron chi connectivity index (χ3n) is 4.24. The van der Waals surface area contributed by atoms with Crippen molar-refractivity contribution >= 4 is 23.1 Å². The van der Waals surface area contributed by atoms with Gasteiger partial charge in [-0.1, -0.05) is 6.07 Å². The molecule has 6 heteroatoms. The van der Waals surface area contributed by atoms with Gasteiger partial charge in [0.25, 0.3) is 0 Å². The van der Waals surface area contributed by atoms with Crippen molar-refractivity contribution in [2.45, 2.75) is 0 Å². The van der Waals surface area contributed by atoms with Crippen molar-refractivity contribution in [2.24, 2.45) is 0 Å². The van der Waals surface area contributed by atoms with Crippen LogP contribution >= 0.6 is 0 Å². The SMILES string of the molecule is CN1CCN(c2ccc(NC(=O)Nc3cccc(C#N)c3)cc2)CC1. The first-order valence-electron chi connectivity index (χ1n) is 8.26. The van der Waals surface area contributed by atoms with E-state index in [0.717, 1.165) is 31.9 Å². The van der Waals surface area contributed by atoms with Crippen LogP contribution in [-0.2, 0) is 0 Å². The average molecular weight is 335 g/mol. The van der Waals surface area contributed by atoms with Crippen molar-refractivity contribution in [3.8, 4) is 6.07 Å². The third kappa shape index (κ3) is 4.49. The summed E-state index contributed by atoms with van der Waals surface area (Å²) in [6.45, 7) is 4.15. The van der Waals surface area contributed by atoms with Crippen LogP contribution in [0.5, 0.6) is 0 Å². The van der Waals surface area contributed by atoms with Gasteiger partial charge in [-0.05, 0) is 49.5 Å². The van der Waals surface area contributed by atoms with E-state index >= 15 is 0 Å². The molecule has 0 bridgehead atoms. The minimum absolute atomic E-state index is 0.331. The first-order valence-corrected chi connectivity index (χ1v) is 8.26. The van der Waals surface area contributed by atoms with Crippen molar-refractivity contribution in [1.82, 2.24) is 4.90 Å². The van der Waals surface area contributed by atoms with E-state index in [0.29, 0.717) is 11.3 Å². The van der Waals surface area contributed by atoms with Crippen molar-refractivity contribution in [3.63, 3.8) is 0 Å². The van der Waals surface area contributed by atoms with E-state index in [1.165, 1.54) is 5.69 Å². The predicted octanol–water partition coefficient (Wildman–Crippen LogP) is 2.95. The lowest BCUT2D eigenvalue weighted by molar-refractivity contribution is 0.262. The lowest BCUT2D eigenvalue weighted by atomic mass is 10.2. The number of urea groups is 1. The molecule has 0 radical (unpaired) electrons. The van der Waals surface area contributed by atoms with Crippen LogP contribution in [0.2, 0.25) is 0 Å². The van der Waals surface area contributed by atoms with Gasteiger partial charge in [0.15, 0.2) is 0 Å². The number of piperazine rings is 1. The summed E-state index contributed by atoms with van der Waals surface area (Å²) in [7, 11) is 2.13. The first-order chi connectivity index (χ1) is 12.1. The molecule has 2 aromatic rings. The minimum Gasteiger partial charge on any atom is -0.369 e. The van der Waals surface area contributed by atoms with Crippen LogP contribution in [0.15, 0.2) is 48.5 Å². The Hall–Kier alpha value is -3.04. The zero-order chi connectivity index (χ0) is 17.6. The van der Waals surface area contributed by atoms with E-state index in [-0.39, 0.29) is 6.03 Å².